The molecule has 0 amide bonds. The van der Waals surface area contributed by atoms with Crippen LogP contribution in [0.4, 0.5) is 11.9 Å². The van der Waals surface area contributed by atoms with Gasteiger partial charge >= 0.3 is 6.01 Å². The summed E-state index contributed by atoms with van der Waals surface area (Å²) in [6.45, 7) is 3.09. The molecule has 1 aromatic carbocycles. The van der Waals surface area contributed by atoms with Crippen LogP contribution in [-0.2, 0) is 6.54 Å². The predicted octanol–water partition coefficient (Wildman–Crippen LogP) is 2.21. The Morgan fingerprint density at radius 1 is 1.14 bits per heavy atom. The number of halogens is 1. The molecule has 4 N–H and O–H groups in total. The van der Waals surface area contributed by atoms with E-state index in [2.05, 4.69) is 25.7 Å². The van der Waals surface area contributed by atoms with E-state index in [4.69, 9.17) is 22.2 Å². The van der Waals surface area contributed by atoms with Gasteiger partial charge in [-0.1, -0.05) is 30.7 Å². The second-order valence-corrected chi connectivity index (χ2v) is 4.67. The van der Waals surface area contributed by atoms with Crippen LogP contribution in [0.15, 0.2) is 24.3 Å². The summed E-state index contributed by atoms with van der Waals surface area (Å²) in [4.78, 5) is 12.3. The minimum Gasteiger partial charge on any atom is -0.463 e. The maximum absolute atomic E-state index is 5.85. The van der Waals surface area contributed by atoms with Gasteiger partial charge in [0.15, 0.2) is 0 Å². The molecule has 0 bridgehead atoms. The van der Waals surface area contributed by atoms with Crippen LogP contribution in [0.25, 0.3) is 0 Å². The highest BCUT2D eigenvalue weighted by Gasteiger charge is 2.06. The highest BCUT2D eigenvalue weighted by atomic mass is 35.5. The van der Waals surface area contributed by atoms with Crippen LogP contribution in [0, 0.1) is 0 Å². The van der Waals surface area contributed by atoms with Crippen molar-refractivity contribution in [1.82, 2.24) is 15.0 Å². The fourth-order valence-corrected chi connectivity index (χ4v) is 1.67. The minimum absolute atomic E-state index is 0.235. The smallest absolute Gasteiger partial charge is 0.323 e. The molecule has 0 aliphatic carbocycles. The number of hydrogen-bond acceptors (Lipinski definition) is 7. The third kappa shape index (κ3) is 4.73. The van der Waals surface area contributed by atoms with Gasteiger partial charge in [0.05, 0.1) is 6.61 Å². The number of nitrogen functional groups attached to an aromatic ring is 1. The van der Waals surface area contributed by atoms with Gasteiger partial charge in [-0.05, 0) is 24.1 Å². The van der Waals surface area contributed by atoms with Crippen LogP contribution in [-0.4, -0.2) is 21.6 Å². The van der Waals surface area contributed by atoms with Gasteiger partial charge in [-0.15, -0.1) is 0 Å². The minimum atomic E-state index is 0.235. The number of hydrogen-bond donors (Lipinski definition) is 3. The zero-order chi connectivity index (χ0) is 15.1. The first-order chi connectivity index (χ1) is 10.2. The van der Waals surface area contributed by atoms with Crippen molar-refractivity contribution in [2.24, 2.45) is 5.84 Å². The fraction of sp³-hybridized carbons (Fsp3) is 0.308. The van der Waals surface area contributed by atoms with E-state index in [9.17, 15) is 0 Å². The molecule has 0 unspecified atom stereocenters. The van der Waals surface area contributed by atoms with Crippen molar-refractivity contribution in [3.8, 4) is 6.01 Å². The van der Waals surface area contributed by atoms with Crippen molar-refractivity contribution in [3.63, 3.8) is 0 Å². The summed E-state index contributed by atoms with van der Waals surface area (Å²) in [5, 5.41) is 3.79. The summed E-state index contributed by atoms with van der Waals surface area (Å²) in [5.41, 5.74) is 3.44. The number of rotatable bonds is 7. The van der Waals surface area contributed by atoms with Gasteiger partial charge in [0.1, 0.15) is 0 Å². The fourth-order valence-electron chi connectivity index (χ4n) is 1.54. The summed E-state index contributed by atoms with van der Waals surface area (Å²) < 4.78 is 5.39. The van der Waals surface area contributed by atoms with Gasteiger partial charge in [0.2, 0.25) is 11.9 Å². The quantitative estimate of drug-likeness (QED) is 0.533. The van der Waals surface area contributed by atoms with Crippen LogP contribution >= 0.6 is 11.6 Å². The largest absolute Gasteiger partial charge is 0.463 e. The van der Waals surface area contributed by atoms with Gasteiger partial charge in [0, 0.05) is 11.6 Å². The molecule has 2 rings (SSSR count). The topological polar surface area (TPSA) is 98.0 Å². The Morgan fingerprint density at radius 2 is 1.86 bits per heavy atom. The van der Waals surface area contributed by atoms with E-state index in [0.717, 1.165) is 12.0 Å². The Balaban J connectivity index is 2.05. The first kappa shape index (κ1) is 15.3. The second-order valence-electron chi connectivity index (χ2n) is 4.24. The molecule has 0 aliphatic heterocycles. The lowest BCUT2D eigenvalue weighted by Gasteiger charge is -2.09. The lowest BCUT2D eigenvalue weighted by Crippen LogP contribution is -2.14. The summed E-state index contributed by atoms with van der Waals surface area (Å²) in [7, 11) is 0. The van der Waals surface area contributed by atoms with E-state index in [0.29, 0.717) is 24.1 Å². The van der Waals surface area contributed by atoms with Gasteiger partial charge in [0.25, 0.3) is 0 Å². The standard InChI is InChI=1S/C13H17ClN6O/c1-2-7-21-13-18-11(17-12(19-13)20-15)16-8-9-3-5-10(14)6-4-9/h3-6H,2,7-8,15H2,1H3,(H2,16,17,18,19,20). The Kier molecular flexibility index (Phi) is 5.53. The predicted molar refractivity (Wildman–Crippen MR) is 82.2 cm³/mol. The highest BCUT2D eigenvalue weighted by molar-refractivity contribution is 6.30. The van der Waals surface area contributed by atoms with Crippen molar-refractivity contribution in [2.75, 3.05) is 17.3 Å². The van der Waals surface area contributed by atoms with Gasteiger partial charge in [-0.25, -0.2) is 5.84 Å². The van der Waals surface area contributed by atoms with Crippen molar-refractivity contribution in [1.29, 1.82) is 0 Å². The first-order valence-electron chi connectivity index (χ1n) is 6.55. The molecule has 21 heavy (non-hydrogen) atoms. The summed E-state index contributed by atoms with van der Waals surface area (Å²) >= 11 is 5.85. The third-order valence-corrected chi connectivity index (χ3v) is 2.80. The van der Waals surface area contributed by atoms with Crippen molar-refractivity contribution in [3.05, 3.63) is 34.9 Å². The highest BCUT2D eigenvalue weighted by Crippen LogP contribution is 2.13. The number of nitrogens with two attached hydrogens (primary N) is 1. The number of aromatic nitrogens is 3. The monoisotopic (exact) mass is 308 g/mol. The molecule has 1 heterocycles. The molecule has 1 aromatic heterocycles. The van der Waals surface area contributed by atoms with Crippen molar-refractivity contribution in [2.45, 2.75) is 19.9 Å². The van der Waals surface area contributed by atoms with Crippen molar-refractivity contribution < 1.29 is 4.74 Å². The van der Waals surface area contributed by atoms with E-state index in [1.165, 1.54) is 0 Å². The number of anilines is 2. The number of nitrogens with one attached hydrogen (secondary N) is 2. The number of nitrogens with zero attached hydrogens (tertiary/aromatic N) is 3. The van der Waals surface area contributed by atoms with Crippen LogP contribution < -0.4 is 21.3 Å². The summed E-state index contributed by atoms with van der Waals surface area (Å²) in [6, 6.07) is 7.74. The van der Waals surface area contributed by atoms with Crippen LogP contribution in [0.1, 0.15) is 18.9 Å². The third-order valence-electron chi connectivity index (χ3n) is 2.54. The molecule has 0 saturated carbocycles. The Morgan fingerprint density at radius 3 is 2.52 bits per heavy atom. The SMILES string of the molecule is CCCOc1nc(NN)nc(NCc2ccc(Cl)cc2)n1. The molecule has 0 atom stereocenters. The van der Waals surface area contributed by atoms with E-state index in [1.54, 1.807) is 0 Å². The van der Waals surface area contributed by atoms with E-state index < -0.39 is 0 Å². The zero-order valence-electron chi connectivity index (χ0n) is 11.6. The lowest BCUT2D eigenvalue weighted by molar-refractivity contribution is 0.292. The molecule has 0 aliphatic rings. The molecule has 0 radical (unpaired) electrons. The normalized spacial score (nSPS) is 10.2. The average Bonchev–Trinajstić information content (AvgIpc) is 2.52. The Bertz CT molecular complexity index is 577. The molecular weight excluding hydrogens is 292 g/mol. The van der Waals surface area contributed by atoms with E-state index in [1.807, 2.05) is 31.2 Å². The number of benzene rings is 1. The Labute approximate surface area is 127 Å². The van der Waals surface area contributed by atoms with Crippen LogP contribution in [0.2, 0.25) is 5.02 Å². The zero-order valence-corrected chi connectivity index (χ0v) is 12.4. The summed E-state index contributed by atoms with van der Waals surface area (Å²) in [6.07, 6.45) is 0.866. The maximum Gasteiger partial charge on any atom is 0.323 e. The molecule has 0 saturated heterocycles. The molecule has 112 valence electrons. The second kappa shape index (κ2) is 7.61. The number of hydrazine groups is 1. The van der Waals surface area contributed by atoms with Crippen LogP contribution in [0.3, 0.4) is 0 Å². The van der Waals surface area contributed by atoms with E-state index in [-0.39, 0.29) is 12.0 Å². The molecule has 0 spiro atoms. The lowest BCUT2D eigenvalue weighted by atomic mass is 10.2. The Hall–Kier alpha value is -2.12. The molecular formula is C13H17ClN6O. The average molecular weight is 309 g/mol. The molecule has 0 fully saturated rings. The van der Waals surface area contributed by atoms with Crippen molar-refractivity contribution >= 4 is 23.5 Å². The maximum atomic E-state index is 5.85. The van der Waals surface area contributed by atoms with Gasteiger partial charge in [-0.3, -0.25) is 5.43 Å². The van der Waals surface area contributed by atoms with Crippen LogP contribution in [0.5, 0.6) is 6.01 Å². The molecule has 7 nitrogen and oxygen atoms in total. The molecule has 2 aromatic rings. The van der Waals surface area contributed by atoms with Gasteiger partial charge < -0.3 is 10.1 Å². The summed E-state index contributed by atoms with van der Waals surface area (Å²) in [5.74, 6) is 5.97. The number of ether oxygens (including phenoxy) is 1. The first-order valence-corrected chi connectivity index (χ1v) is 6.93. The van der Waals surface area contributed by atoms with E-state index >= 15 is 0 Å². The van der Waals surface area contributed by atoms with Gasteiger partial charge in [-0.2, -0.15) is 15.0 Å². The molecule has 8 heteroatoms.